The average molecular weight is 297 g/mol. The van der Waals surface area contributed by atoms with Gasteiger partial charge in [0.2, 0.25) is 5.95 Å². The third kappa shape index (κ3) is 2.56. The van der Waals surface area contributed by atoms with Crippen LogP contribution in [0.5, 0.6) is 0 Å². The Balaban J connectivity index is 1.92. The molecule has 0 amide bonds. The summed E-state index contributed by atoms with van der Waals surface area (Å²) in [5.41, 5.74) is 9.26. The second-order valence-electron chi connectivity index (χ2n) is 4.78. The van der Waals surface area contributed by atoms with Crippen molar-refractivity contribution >= 4 is 28.6 Å². The molecule has 1 aromatic heterocycles. The molecule has 0 aliphatic heterocycles. The van der Waals surface area contributed by atoms with E-state index in [1.54, 1.807) is 6.07 Å². The van der Waals surface area contributed by atoms with Crippen molar-refractivity contribution in [2.24, 2.45) is 0 Å². The molecule has 0 aliphatic rings. The maximum Gasteiger partial charge on any atom is 0.201 e. The monoisotopic (exact) mass is 296 g/mol. The highest BCUT2D eigenvalue weighted by Gasteiger charge is 2.11. The van der Waals surface area contributed by atoms with Gasteiger partial charge in [0.15, 0.2) is 0 Å². The Morgan fingerprint density at radius 2 is 1.95 bits per heavy atom. The van der Waals surface area contributed by atoms with Crippen LogP contribution in [0.2, 0.25) is 5.02 Å². The number of imidazole rings is 1. The maximum absolute atomic E-state index is 9.12. The van der Waals surface area contributed by atoms with E-state index in [0.29, 0.717) is 23.6 Å². The Labute approximate surface area is 127 Å². The lowest BCUT2D eigenvalue weighted by Gasteiger charge is -2.07. The predicted octanol–water partition coefficient (Wildman–Crippen LogP) is 3.39. The summed E-state index contributed by atoms with van der Waals surface area (Å²) in [7, 11) is 0. The topological polar surface area (TPSA) is 67.6 Å². The van der Waals surface area contributed by atoms with Crippen molar-refractivity contribution in [3.05, 3.63) is 58.6 Å². The van der Waals surface area contributed by atoms with Gasteiger partial charge in [0.1, 0.15) is 11.6 Å². The van der Waals surface area contributed by atoms with Crippen LogP contribution < -0.4 is 5.73 Å². The summed E-state index contributed by atoms with van der Waals surface area (Å²) in [6.07, 6.45) is 0.823. The highest BCUT2D eigenvalue weighted by Crippen LogP contribution is 2.21. The Morgan fingerprint density at radius 1 is 1.19 bits per heavy atom. The molecular weight excluding hydrogens is 284 g/mol. The molecule has 104 valence electrons. The zero-order valence-corrected chi connectivity index (χ0v) is 12.0. The lowest BCUT2D eigenvalue weighted by Crippen LogP contribution is -2.05. The van der Waals surface area contributed by atoms with Crippen LogP contribution in [0.3, 0.4) is 0 Å². The minimum atomic E-state index is 0.432. The number of aromatic nitrogens is 2. The van der Waals surface area contributed by atoms with Crippen molar-refractivity contribution in [1.29, 1.82) is 5.26 Å². The van der Waals surface area contributed by atoms with Gasteiger partial charge in [-0.3, -0.25) is 0 Å². The number of benzene rings is 2. The summed E-state index contributed by atoms with van der Waals surface area (Å²) < 4.78 is 1.94. The second-order valence-corrected chi connectivity index (χ2v) is 5.22. The number of hydrogen-bond acceptors (Lipinski definition) is 3. The van der Waals surface area contributed by atoms with E-state index in [9.17, 15) is 0 Å². The molecule has 3 rings (SSSR count). The molecule has 2 aromatic carbocycles. The van der Waals surface area contributed by atoms with E-state index < -0.39 is 0 Å². The van der Waals surface area contributed by atoms with Crippen LogP contribution in [0, 0.1) is 11.3 Å². The lowest BCUT2D eigenvalue weighted by molar-refractivity contribution is 0.726. The number of para-hydroxylation sites is 1. The first-order valence-electron chi connectivity index (χ1n) is 6.58. The van der Waals surface area contributed by atoms with Crippen molar-refractivity contribution in [2.45, 2.75) is 13.0 Å². The number of fused-ring (bicyclic) bond motifs is 1. The van der Waals surface area contributed by atoms with E-state index in [4.69, 9.17) is 22.6 Å². The van der Waals surface area contributed by atoms with E-state index in [0.717, 1.165) is 17.0 Å². The average Bonchev–Trinajstić information content (AvgIpc) is 2.82. The summed E-state index contributed by atoms with van der Waals surface area (Å²) in [4.78, 5) is 4.31. The van der Waals surface area contributed by atoms with Gasteiger partial charge in [0.05, 0.1) is 11.1 Å². The number of nitrogens with zero attached hydrogens (tertiary/aromatic N) is 3. The standard InChI is InChI=1S/C16H13ClN4/c17-13-6-4-11(5-7-13)8-9-21-14-3-1-2-12(10-18)15(14)20-16(21)19/h1-7H,8-9H2,(H2,19,20). The van der Waals surface area contributed by atoms with Crippen molar-refractivity contribution < 1.29 is 0 Å². The van der Waals surface area contributed by atoms with Gasteiger partial charge >= 0.3 is 0 Å². The van der Waals surface area contributed by atoms with E-state index in [-0.39, 0.29) is 0 Å². The minimum absolute atomic E-state index is 0.432. The first-order chi connectivity index (χ1) is 10.2. The Morgan fingerprint density at radius 3 is 2.67 bits per heavy atom. The highest BCUT2D eigenvalue weighted by molar-refractivity contribution is 6.30. The molecule has 0 bridgehead atoms. The van der Waals surface area contributed by atoms with Gasteiger partial charge in [0, 0.05) is 11.6 Å². The van der Waals surface area contributed by atoms with Gasteiger partial charge in [-0.05, 0) is 36.2 Å². The van der Waals surface area contributed by atoms with E-state index in [2.05, 4.69) is 11.1 Å². The van der Waals surface area contributed by atoms with Crippen molar-refractivity contribution in [1.82, 2.24) is 9.55 Å². The number of nitriles is 1. The Bertz CT molecular complexity index is 828. The van der Waals surface area contributed by atoms with Crippen molar-refractivity contribution in [3.63, 3.8) is 0 Å². The molecule has 4 nitrogen and oxygen atoms in total. The molecule has 0 saturated heterocycles. The number of rotatable bonds is 3. The first-order valence-corrected chi connectivity index (χ1v) is 6.96. The quantitative estimate of drug-likeness (QED) is 0.805. The number of aryl methyl sites for hydroxylation is 2. The molecule has 5 heteroatoms. The number of hydrogen-bond donors (Lipinski definition) is 1. The molecule has 0 radical (unpaired) electrons. The Hall–Kier alpha value is -2.51. The summed E-state index contributed by atoms with van der Waals surface area (Å²) in [6.45, 7) is 0.707. The molecule has 0 saturated carbocycles. The van der Waals surface area contributed by atoms with Gasteiger partial charge in [-0.15, -0.1) is 0 Å². The van der Waals surface area contributed by atoms with Crippen LogP contribution in [-0.4, -0.2) is 9.55 Å². The fourth-order valence-corrected chi connectivity index (χ4v) is 2.51. The van der Waals surface area contributed by atoms with Crippen LogP contribution in [0.25, 0.3) is 11.0 Å². The maximum atomic E-state index is 9.12. The summed E-state index contributed by atoms with van der Waals surface area (Å²) in [6, 6.07) is 15.4. The fraction of sp³-hybridized carbons (Fsp3) is 0.125. The molecule has 3 aromatic rings. The molecule has 2 N–H and O–H groups in total. The zero-order chi connectivity index (χ0) is 14.8. The largest absolute Gasteiger partial charge is 0.369 e. The van der Waals surface area contributed by atoms with Crippen LogP contribution in [0.15, 0.2) is 42.5 Å². The normalized spacial score (nSPS) is 10.7. The number of halogens is 1. The predicted molar refractivity (Wildman–Crippen MR) is 84.0 cm³/mol. The van der Waals surface area contributed by atoms with Crippen LogP contribution in [-0.2, 0) is 13.0 Å². The number of nitrogens with two attached hydrogens (primary N) is 1. The molecule has 0 atom stereocenters. The highest BCUT2D eigenvalue weighted by atomic mass is 35.5. The minimum Gasteiger partial charge on any atom is -0.369 e. The van der Waals surface area contributed by atoms with Gasteiger partial charge in [-0.1, -0.05) is 29.8 Å². The lowest BCUT2D eigenvalue weighted by atomic mass is 10.1. The molecule has 0 fully saturated rings. The van der Waals surface area contributed by atoms with E-state index in [1.807, 2.05) is 41.0 Å². The van der Waals surface area contributed by atoms with Crippen molar-refractivity contribution in [2.75, 3.05) is 5.73 Å². The van der Waals surface area contributed by atoms with E-state index >= 15 is 0 Å². The smallest absolute Gasteiger partial charge is 0.201 e. The Kier molecular flexibility index (Phi) is 3.51. The summed E-state index contributed by atoms with van der Waals surface area (Å²) in [5.74, 6) is 0.432. The SMILES string of the molecule is N#Cc1cccc2c1nc(N)n2CCc1ccc(Cl)cc1. The van der Waals surface area contributed by atoms with Crippen molar-refractivity contribution in [3.8, 4) is 6.07 Å². The van der Waals surface area contributed by atoms with E-state index in [1.165, 1.54) is 5.56 Å². The number of anilines is 1. The molecular formula is C16H13ClN4. The third-order valence-electron chi connectivity index (χ3n) is 3.47. The molecule has 1 heterocycles. The molecule has 0 aliphatic carbocycles. The summed E-state index contributed by atoms with van der Waals surface area (Å²) >= 11 is 5.88. The van der Waals surface area contributed by atoms with Crippen LogP contribution >= 0.6 is 11.6 Å². The van der Waals surface area contributed by atoms with Gasteiger partial charge in [0.25, 0.3) is 0 Å². The van der Waals surface area contributed by atoms with Crippen LogP contribution in [0.4, 0.5) is 5.95 Å². The zero-order valence-electron chi connectivity index (χ0n) is 11.3. The number of nitrogen functional groups attached to an aromatic ring is 1. The van der Waals surface area contributed by atoms with Gasteiger partial charge in [-0.25, -0.2) is 4.98 Å². The third-order valence-corrected chi connectivity index (χ3v) is 3.72. The first kappa shape index (κ1) is 13.5. The van der Waals surface area contributed by atoms with Gasteiger partial charge in [-0.2, -0.15) is 5.26 Å². The molecule has 21 heavy (non-hydrogen) atoms. The van der Waals surface area contributed by atoms with Gasteiger partial charge < -0.3 is 10.3 Å². The summed E-state index contributed by atoms with van der Waals surface area (Å²) in [5, 5.41) is 9.84. The second kappa shape index (κ2) is 5.47. The molecule has 0 unspecified atom stereocenters. The molecule has 0 spiro atoms. The fourth-order valence-electron chi connectivity index (χ4n) is 2.38. The van der Waals surface area contributed by atoms with Crippen LogP contribution in [0.1, 0.15) is 11.1 Å².